The molecule has 2 aliphatic heterocycles. The van der Waals surface area contributed by atoms with Gasteiger partial charge in [-0.15, -0.1) is 12.4 Å². The molecule has 21 heavy (non-hydrogen) atoms. The van der Waals surface area contributed by atoms with Gasteiger partial charge in [0, 0.05) is 24.4 Å². The van der Waals surface area contributed by atoms with Gasteiger partial charge in [-0.05, 0) is 50.0 Å². The maximum Gasteiger partial charge on any atom is 0.259 e. The summed E-state index contributed by atoms with van der Waals surface area (Å²) in [6, 6.07) is 5.75. The lowest BCUT2D eigenvalue weighted by Gasteiger charge is -2.37. The molecule has 1 aromatic rings. The lowest BCUT2D eigenvalue weighted by molar-refractivity contribution is -0.143. The maximum absolute atomic E-state index is 13.0. The average Bonchev–Trinajstić information content (AvgIpc) is 2.92. The quantitative estimate of drug-likeness (QED) is 0.905. The van der Waals surface area contributed by atoms with Crippen molar-refractivity contribution < 1.29 is 9.53 Å². The summed E-state index contributed by atoms with van der Waals surface area (Å²) in [5.74, 6) is 0.0718. The van der Waals surface area contributed by atoms with E-state index in [1.165, 1.54) is 0 Å². The van der Waals surface area contributed by atoms with E-state index in [0.29, 0.717) is 19.4 Å². The highest BCUT2D eigenvalue weighted by atomic mass is 35.5. The van der Waals surface area contributed by atoms with Crippen LogP contribution in [0.1, 0.15) is 18.4 Å². The third-order valence-corrected chi connectivity index (χ3v) is 4.76. The van der Waals surface area contributed by atoms with Crippen molar-refractivity contribution in [2.75, 3.05) is 31.6 Å². The highest BCUT2D eigenvalue weighted by Crippen LogP contribution is 2.36. The van der Waals surface area contributed by atoms with Gasteiger partial charge in [0.25, 0.3) is 5.91 Å². The number of nitrogens with zero attached hydrogens (tertiary/aromatic N) is 1. The summed E-state index contributed by atoms with van der Waals surface area (Å²) in [6.07, 6.45) is 2.25. The summed E-state index contributed by atoms with van der Waals surface area (Å²) in [5, 5.41) is 4.02. The van der Waals surface area contributed by atoms with Gasteiger partial charge in [-0.1, -0.05) is 17.7 Å². The Morgan fingerprint density at radius 1 is 1.38 bits per heavy atom. The Bertz CT molecular complexity index is 530. The number of rotatable bonds is 2. The van der Waals surface area contributed by atoms with E-state index in [1.807, 2.05) is 23.1 Å². The normalized spacial score (nSPS) is 19.8. The molecule has 1 amide bonds. The van der Waals surface area contributed by atoms with Crippen molar-refractivity contribution in [2.45, 2.75) is 24.9 Å². The van der Waals surface area contributed by atoms with E-state index in [4.69, 9.17) is 16.3 Å². The van der Waals surface area contributed by atoms with Crippen LogP contribution in [0.3, 0.4) is 0 Å². The summed E-state index contributed by atoms with van der Waals surface area (Å²) in [5.41, 5.74) is 1.33. The number of fused-ring (bicyclic) bond motifs is 1. The van der Waals surface area contributed by atoms with Gasteiger partial charge < -0.3 is 15.0 Å². The first-order chi connectivity index (χ1) is 9.68. The highest BCUT2D eigenvalue weighted by Gasteiger charge is 2.44. The van der Waals surface area contributed by atoms with Crippen LogP contribution in [0.2, 0.25) is 5.02 Å². The van der Waals surface area contributed by atoms with Crippen LogP contribution in [-0.4, -0.2) is 38.3 Å². The second-order valence-electron chi connectivity index (χ2n) is 5.39. The van der Waals surface area contributed by atoms with Crippen molar-refractivity contribution in [1.82, 2.24) is 5.32 Å². The second kappa shape index (κ2) is 6.53. The molecular formula is C15H20Cl2N2O2. The number of benzene rings is 1. The van der Waals surface area contributed by atoms with E-state index >= 15 is 0 Å². The van der Waals surface area contributed by atoms with E-state index in [9.17, 15) is 4.79 Å². The van der Waals surface area contributed by atoms with Crippen LogP contribution in [0.5, 0.6) is 0 Å². The molecule has 1 saturated heterocycles. The van der Waals surface area contributed by atoms with Crippen LogP contribution in [0.4, 0.5) is 5.69 Å². The molecule has 2 heterocycles. The van der Waals surface area contributed by atoms with E-state index in [-0.39, 0.29) is 18.3 Å². The third-order valence-electron chi connectivity index (χ3n) is 4.41. The number of ether oxygens (including phenoxy) is 1. The van der Waals surface area contributed by atoms with Crippen LogP contribution in [0, 0.1) is 0 Å². The zero-order valence-electron chi connectivity index (χ0n) is 12.0. The van der Waals surface area contributed by atoms with Gasteiger partial charge >= 0.3 is 0 Å². The largest absolute Gasteiger partial charge is 0.368 e. The Morgan fingerprint density at radius 3 is 2.76 bits per heavy atom. The van der Waals surface area contributed by atoms with Crippen LogP contribution >= 0.6 is 24.0 Å². The molecule has 0 bridgehead atoms. The monoisotopic (exact) mass is 330 g/mol. The maximum atomic E-state index is 13.0. The minimum absolute atomic E-state index is 0. The first-order valence-electron chi connectivity index (χ1n) is 7.03. The summed E-state index contributed by atoms with van der Waals surface area (Å²) in [7, 11) is 1.64. The van der Waals surface area contributed by atoms with Crippen molar-refractivity contribution in [3.63, 3.8) is 0 Å². The molecule has 116 valence electrons. The van der Waals surface area contributed by atoms with Gasteiger partial charge in [0.15, 0.2) is 0 Å². The summed E-state index contributed by atoms with van der Waals surface area (Å²) < 4.78 is 5.63. The number of amides is 1. The van der Waals surface area contributed by atoms with Crippen molar-refractivity contribution >= 4 is 35.6 Å². The predicted octanol–water partition coefficient (Wildman–Crippen LogP) is 2.42. The Balaban J connectivity index is 0.00000161. The molecule has 1 aromatic carbocycles. The summed E-state index contributed by atoms with van der Waals surface area (Å²) >= 11 is 6.21. The number of nitrogens with one attached hydrogen (secondary N) is 1. The number of carbonyl (C=O) groups excluding carboxylic acids is 1. The molecule has 1 N–H and O–H groups in total. The summed E-state index contributed by atoms with van der Waals surface area (Å²) in [4.78, 5) is 14.8. The molecule has 0 unspecified atom stereocenters. The number of piperidine rings is 1. The zero-order valence-corrected chi connectivity index (χ0v) is 13.6. The number of hydrogen-bond donors (Lipinski definition) is 1. The van der Waals surface area contributed by atoms with E-state index < -0.39 is 5.60 Å². The molecule has 3 rings (SSSR count). The van der Waals surface area contributed by atoms with E-state index in [0.717, 1.165) is 35.8 Å². The second-order valence-corrected chi connectivity index (χ2v) is 5.80. The number of anilines is 1. The molecule has 0 atom stereocenters. The SMILES string of the molecule is COC1(C(=O)N2CCc3c(Cl)cccc32)CCNCC1.Cl. The minimum atomic E-state index is -0.685. The molecule has 2 aliphatic rings. The first-order valence-corrected chi connectivity index (χ1v) is 7.41. The number of hydrogen-bond acceptors (Lipinski definition) is 3. The molecule has 0 aromatic heterocycles. The standard InChI is InChI=1S/C15H19ClN2O2.ClH/c1-20-15(6-8-17-9-7-15)14(19)18-10-5-11-12(16)3-2-4-13(11)18;/h2-4,17H,5-10H2,1H3;1H. The Hall–Kier alpha value is -0.810. The predicted molar refractivity (Wildman–Crippen MR) is 86.6 cm³/mol. The minimum Gasteiger partial charge on any atom is -0.368 e. The summed E-state index contributed by atoms with van der Waals surface area (Å²) in [6.45, 7) is 2.32. The van der Waals surface area contributed by atoms with Crippen LogP contribution in [0.15, 0.2) is 18.2 Å². The van der Waals surface area contributed by atoms with Crippen molar-refractivity contribution in [3.8, 4) is 0 Å². The molecule has 0 radical (unpaired) electrons. The molecule has 4 nitrogen and oxygen atoms in total. The Labute approximate surface area is 136 Å². The highest BCUT2D eigenvalue weighted by molar-refractivity contribution is 6.32. The van der Waals surface area contributed by atoms with Gasteiger partial charge in [-0.2, -0.15) is 0 Å². The molecule has 1 fully saturated rings. The molecule has 0 aliphatic carbocycles. The average molecular weight is 331 g/mol. The van der Waals surface area contributed by atoms with Crippen LogP contribution < -0.4 is 10.2 Å². The van der Waals surface area contributed by atoms with Gasteiger partial charge in [0.1, 0.15) is 5.60 Å². The lowest BCUT2D eigenvalue weighted by atomic mass is 9.90. The third kappa shape index (κ3) is 2.78. The van der Waals surface area contributed by atoms with E-state index in [1.54, 1.807) is 7.11 Å². The lowest BCUT2D eigenvalue weighted by Crippen LogP contribution is -2.55. The molecule has 6 heteroatoms. The number of halogens is 2. The van der Waals surface area contributed by atoms with Crippen molar-refractivity contribution in [3.05, 3.63) is 28.8 Å². The topological polar surface area (TPSA) is 41.6 Å². The fourth-order valence-electron chi connectivity index (χ4n) is 3.18. The Morgan fingerprint density at radius 2 is 2.10 bits per heavy atom. The van der Waals surface area contributed by atoms with Crippen LogP contribution in [-0.2, 0) is 16.0 Å². The van der Waals surface area contributed by atoms with Gasteiger partial charge in [0.05, 0.1) is 0 Å². The molecule has 0 spiro atoms. The molecule has 0 saturated carbocycles. The Kier molecular flexibility index (Phi) is 5.15. The number of carbonyl (C=O) groups is 1. The van der Waals surface area contributed by atoms with Gasteiger partial charge in [0.2, 0.25) is 0 Å². The fraction of sp³-hybridized carbons (Fsp3) is 0.533. The van der Waals surface area contributed by atoms with E-state index in [2.05, 4.69) is 5.32 Å². The molecular weight excluding hydrogens is 311 g/mol. The first kappa shape index (κ1) is 16.6. The van der Waals surface area contributed by atoms with Gasteiger partial charge in [-0.25, -0.2) is 0 Å². The number of methoxy groups -OCH3 is 1. The zero-order chi connectivity index (χ0) is 14.2. The van der Waals surface area contributed by atoms with Crippen molar-refractivity contribution in [2.24, 2.45) is 0 Å². The smallest absolute Gasteiger partial charge is 0.259 e. The van der Waals surface area contributed by atoms with Gasteiger partial charge in [-0.3, -0.25) is 4.79 Å². The fourth-order valence-corrected chi connectivity index (χ4v) is 3.45. The van der Waals surface area contributed by atoms with Crippen LogP contribution in [0.25, 0.3) is 0 Å². The van der Waals surface area contributed by atoms with Crippen molar-refractivity contribution in [1.29, 1.82) is 0 Å².